The third-order valence-corrected chi connectivity index (χ3v) is 1.89. The van der Waals surface area contributed by atoms with Crippen molar-refractivity contribution in [1.29, 1.82) is 0 Å². The first-order valence-electron chi connectivity index (χ1n) is 4.27. The van der Waals surface area contributed by atoms with Crippen molar-refractivity contribution in [3.05, 3.63) is 11.1 Å². The van der Waals surface area contributed by atoms with E-state index in [1.54, 1.807) is 13.8 Å². The molecule has 0 bridgehead atoms. The monoisotopic (exact) mass is 205 g/mol. The fraction of sp³-hybridized carbons (Fsp3) is 0.667. The summed E-state index contributed by atoms with van der Waals surface area (Å²) in [5.41, 5.74) is 2.48. The highest BCUT2D eigenvalue weighted by atomic mass is 35.5. The van der Waals surface area contributed by atoms with Gasteiger partial charge in [-0.3, -0.25) is 4.79 Å². The van der Waals surface area contributed by atoms with E-state index in [4.69, 9.17) is 16.3 Å². The summed E-state index contributed by atoms with van der Waals surface area (Å²) >= 11 is 5.46. The Bertz CT molecular complexity index is 192. The molecule has 4 heteroatoms. The molecule has 1 N–H and O–H groups in total. The predicted molar refractivity (Wildman–Crippen MR) is 53.7 cm³/mol. The van der Waals surface area contributed by atoms with E-state index in [0.29, 0.717) is 13.2 Å². The lowest BCUT2D eigenvalue weighted by Crippen LogP contribution is -2.36. The third kappa shape index (κ3) is 5.66. The number of hydrogen-bond acceptors (Lipinski definition) is 3. The maximum Gasteiger partial charge on any atom is 0.322 e. The molecule has 76 valence electrons. The van der Waals surface area contributed by atoms with Gasteiger partial charge in [0.05, 0.1) is 6.61 Å². The van der Waals surface area contributed by atoms with Crippen LogP contribution in [-0.2, 0) is 9.53 Å². The van der Waals surface area contributed by atoms with E-state index in [1.165, 1.54) is 5.54 Å². The SMILES string of the molecule is CCOC(=O)C(C)NCC(C)=CCl. The van der Waals surface area contributed by atoms with E-state index < -0.39 is 0 Å². The summed E-state index contributed by atoms with van der Waals surface area (Å²) in [6.07, 6.45) is 0. The first-order chi connectivity index (χ1) is 6.11. The molecular weight excluding hydrogens is 190 g/mol. The van der Waals surface area contributed by atoms with Crippen LogP contribution in [0.25, 0.3) is 0 Å². The van der Waals surface area contributed by atoms with Crippen molar-refractivity contribution in [3.63, 3.8) is 0 Å². The summed E-state index contributed by atoms with van der Waals surface area (Å²) in [6, 6.07) is -0.286. The van der Waals surface area contributed by atoms with E-state index >= 15 is 0 Å². The van der Waals surface area contributed by atoms with Crippen LogP contribution in [0.3, 0.4) is 0 Å². The van der Waals surface area contributed by atoms with Gasteiger partial charge in [-0.25, -0.2) is 0 Å². The van der Waals surface area contributed by atoms with Crippen molar-refractivity contribution in [2.75, 3.05) is 13.2 Å². The molecule has 3 nitrogen and oxygen atoms in total. The number of hydrogen-bond donors (Lipinski definition) is 1. The standard InChI is InChI=1S/C9H16ClNO2/c1-4-13-9(12)8(3)11-6-7(2)5-10/h5,8,11H,4,6H2,1-3H3. The molecule has 0 aromatic rings. The number of carbonyl (C=O) groups is 1. The van der Waals surface area contributed by atoms with Gasteiger partial charge >= 0.3 is 5.97 Å². The lowest BCUT2D eigenvalue weighted by atomic mass is 10.3. The van der Waals surface area contributed by atoms with Gasteiger partial charge in [0.15, 0.2) is 0 Å². The van der Waals surface area contributed by atoms with Crippen molar-refractivity contribution < 1.29 is 9.53 Å². The highest BCUT2D eigenvalue weighted by Gasteiger charge is 2.12. The number of esters is 1. The van der Waals surface area contributed by atoms with Crippen molar-refractivity contribution in [2.45, 2.75) is 26.8 Å². The Morgan fingerprint density at radius 2 is 2.31 bits per heavy atom. The van der Waals surface area contributed by atoms with Gasteiger partial charge in [0.1, 0.15) is 6.04 Å². The topological polar surface area (TPSA) is 38.3 Å². The predicted octanol–water partition coefficient (Wildman–Crippen LogP) is 1.67. The van der Waals surface area contributed by atoms with Crippen LogP contribution in [0.4, 0.5) is 0 Å². The Labute approximate surface area is 84.1 Å². The number of carbonyl (C=O) groups excluding carboxylic acids is 1. The normalized spacial score (nSPS) is 14.0. The zero-order valence-electron chi connectivity index (χ0n) is 8.26. The van der Waals surface area contributed by atoms with Crippen molar-refractivity contribution in [2.24, 2.45) is 0 Å². The average molecular weight is 206 g/mol. The largest absolute Gasteiger partial charge is 0.465 e. The van der Waals surface area contributed by atoms with E-state index in [0.717, 1.165) is 5.57 Å². The number of rotatable bonds is 5. The molecule has 0 rings (SSSR count). The fourth-order valence-corrected chi connectivity index (χ4v) is 0.780. The second kappa shape index (κ2) is 6.92. The molecule has 13 heavy (non-hydrogen) atoms. The zero-order valence-corrected chi connectivity index (χ0v) is 9.02. The molecule has 1 atom stereocenters. The van der Waals surface area contributed by atoms with Gasteiger partial charge in [0.25, 0.3) is 0 Å². The number of halogens is 1. The van der Waals surface area contributed by atoms with Crippen LogP contribution in [0.5, 0.6) is 0 Å². The fourth-order valence-electron chi connectivity index (χ4n) is 0.703. The second-order valence-electron chi connectivity index (χ2n) is 2.81. The lowest BCUT2D eigenvalue weighted by molar-refractivity contribution is -0.145. The molecule has 0 fully saturated rings. The molecule has 1 unspecified atom stereocenters. The molecule has 0 aromatic carbocycles. The van der Waals surface area contributed by atoms with Gasteiger partial charge in [-0.2, -0.15) is 0 Å². The minimum atomic E-state index is -0.286. The molecule has 0 aliphatic carbocycles. The minimum Gasteiger partial charge on any atom is -0.465 e. The summed E-state index contributed by atoms with van der Waals surface area (Å²) in [4.78, 5) is 11.1. The van der Waals surface area contributed by atoms with Crippen LogP contribution < -0.4 is 5.32 Å². The number of nitrogens with one attached hydrogen (secondary N) is 1. The van der Waals surface area contributed by atoms with Gasteiger partial charge in [0.2, 0.25) is 0 Å². The van der Waals surface area contributed by atoms with Crippen LogP contribution in [0, 0.1) is 0 Å². The summed E-state index contributed by atoms with van der Waals surface area (Å²) in [5, 5.41) is 2.99. The van der Waals surface area contributed by atoms with E-state index in [1.807, 2.05) is 6.92 Å². The summed E-state index contributed by atoms with van der Waals surface area (Å²) in [7, 11) is 0. The van der Waals surface area contributed by atoms with E-state index in [2.05, 4.69) is 5.32 Å². The minimum absolute atomic E-state index is 0.232. The summed E-state index contributed by atoms with van der Waals surface area (Å²) in [5.74, 6) is -0.232. The smallest absolute Gasteiger partial charge is 0.322 e. The molecule has 0 heterocycles. The Hall–Kier alpha value is -0.540. The zero-order chi connectivity index (χ0) is 10.3. The molecule has 0 radical (unpaired) electrons. The molecule has 0 saturated heterocycles. The Balaban J connectivity index is 3.73. The maximum atomic E-state index is 11.1. The molecule has 0 aliphatic heterocycles. The van der Waals surface area contributed by atoms with Crippen LogP contribution in [0.1, 0.15) is 20.8 Å². The second-order valence-corrected chi connectivity index (χ2v) is 3.03. The highest BCUT2D eigenvalue weighted by molar-refractivity contribution is 6.25. The van der Waals surface area contributed by atoms with Gasteiger partial charge in [-0.05, 0) is 26.3 Å². The number of ether oxygens (including phenoxy) is 1. The van der Waals surface area contributed by atoms with Crippen molar-refractivity contribution >= 4 is 17.6 Å². The Kier molecular flexibility index (Phi) is 6.63. The van der Waals surface area contributed by atoms with Crippen LogP contribution in [-0.4, -0.2) is 25.2 Å². The van der Waals surface area contributed by atoms with Gasteiger partial charge < -0.3 is 10.1 Å². The van der Waals surface area contributed by atoms with Crippen LogP contribution >= 0.6 is 11.6 Å². The van der Waals surface area contributed by atoms with Crippen LogP contribution in [0.15, 0.2) is 11.1 Å². The first kappa shape index (κ1) is 12.5. The molecule has 0 aliphatic rings. The van der Waals surface area contributed by atoms with E-state index in [9.17, 15) is 4.79 Å². The summed E-state index contributed by atoms with van der Waals surface area (Å²) < 4.78 is 4.82. The average Bonchev–Trinajstić information content (AvgIpc) is 2.13. The molecule has 0 saturated carbocycles. The van der Waals surface area contributed by atoms with Gasteiger partial charge in [0, 0.05) is 12.1 Å². The van der Waals surface area contributed by atoms with Crippen molar-refractivity contribution in [3.8, 4) is 0 Å². The Morgan fingerprint density at radius 1 is 1.69 bits per heavy atom. The van der Waals surface area contributed by atoms with Gasteiger partial charge in [-0.1, -0.05) is 11.6 Å². The Morgan fingerprint density at radius 3 is 2.77 bits per heavy atom. The third-order valence-electron chi connectivity index (χ3n) is 1.51. The van der Waals surface area contributed by atoms with Crippen molar-refractivity contribution in [1.82, 2.24) is 5.32 Å². The van der Waals surface area contributed by atoms with E-state index in [-0.39, 0.29) is 12.0 Å². The molecular formula is C9H16ClNO2. The lowest BCUT2D eigenvalue weighted by Gasteiger charge is -2.11. The molecule has 0 amide bonds. The van der Waals surface area contributed by atoms with Crippen LogP contribution in [0.2, 0.25) is 0 Å². The van der Waals surface area contributed by atoms with Gasteiger partial charge in [-0.15, -0.1) is 0 Å². The summed E-state index contributed by atoms with van der Waals surface area (Å²) in [6.45, 7) is 6.45. The first-order valence-corrected chi connectivity index (χ1v) is 4.71. The molecule has 0 spiro atoms. The quantitative estimate of drug-likeness (QED) is 0.694. The highest BCUT2D eigenvalue weighted by Crippen LogP contribution is 1.94. The molecule has 0 aromatic heterocycles. The maximum absolute atomic E-state index is 11.1.